The SMILES string of the molecule is CCCC[C@H](NC(=O)[C@H](CCC(=O)C(=O)NC)NC(=O)CNC(=O)[C@@H]1CCCN1C(C)=O)C(=O)N[C@H](C(=O)N[C@@H](CC(C)C)C(=O)N1CCC[C@H]1C(=O)N[C@@H](Cc1c[nH]c2ccccc12)C(N)=O)[C@@H](C)CC. The number of ketones is 1. The molecular weight excluding hydrogens is 931 g/mol. The van der Waals surface area contributed by atoms with Crippen LogP contribution >= 0.6 is 0 Å². The van der Waals surface area contributed by atoms with Gasteiger partial charge in [0.25, 0.3) is 5.91 Å². The van der Waals surface area contributed by atoms with Gasteiger partial charge >= 0.3 is 0 Å². The summed E-state index contributed by atoms with van der Waals surface area (Å²) in [5.41, 5.74) is 7.40. The van der Waals surface area contributed by atoms with Gasteiger partial charge in [-0.2, -0.15) is 0 Å². The molecule has 0 aliphatic carbocycles. The third kappa shape index (κ3) is 16.1. The van der Waals surface area contributed by atoms with Crippen LogP contribution in [-0.2, 0) is 59.2 Å². The molecule has 0 radical (unpaired) electrons. The lowest BCUT2D eigenvalue weighted by molar-refractivity contribution is -0.143. The van der Waals surface area contributed by atoms with Crippen LogP contribution in [-0.4, -0.2) is 149 Å². The Bertz CT molecular complexity index is 2300. The first-order chi connectivity index (χ1) is 34.2. The van der Waals surface area contributed by atoms with Gasteiger partial charge < -0.3 is 57.7 Å². The maximum atomic E-state index is 14.4. The van der Waals surface area contributed by atoms with Crippen molar-refractivity contribution in [2.75, 3.05) is 26.7 Å². The van der Waals surface area contributed by atoms with Crippen molar-refractivity contribution in [1.82, 2.24) is 52.0 Å². The number of carbonyl (C=O) groups is 11. The number of hydrogen-bond acceptors (Lipinski definition) is 11. The van der Waals surface area contributed by atoms with Crippen LogP contribution in [0.4, 0.5) is 0 Å². The van der Waals surface area contributed by atoms with Gasteiger partial charge in [-0.1, -0.05) is 72.1 Å². The lowest BCUT2D eigenvalue weighted by Gasteiger charge is -2.32. The zero-order chi connectivity index (χ0) is 53.2. The molecule has 22 nitrogen and oxygen atoms in total. The fraction of sp³-hybridized carbons (Fsp3) is 0.620. The zero-order valence-electron chi connectivity index (χ0n) is 42.7. The smallest absolute Gasteiger partial charge is 0.287 e. The number of nitrogens with one attached hydrogen (secondary N) is 8. The van der Waals surface area contributed by atoms with Crippen molar-refractivity contribution in [3.05, 3.63) is 36.0 Å². The van der Waals surface area contributed by atoms with Gasteiger partial charge in [-0.25, -0.2) is 0 Å². The van der Waals surface area contributed by atoms with E-state index in [1.54, 1.807) is 13.1 Å². The number of rotatable bonds is 27. The summed E-state index contributed by atoms with van der Waals surface area (Å²) in [7, 11) is 1.26. The second-order valence-electron chi connectivity index (χ2n) is 19.2. The Morgan fingerprint density at radius 2 is 1.38 bits per heavy atom. The van der Waals surface area contributed by atoms with Crippen LogP contribution in [0, 0.1) is 11.8 Å². The molecule has 0 unspecified atom stereocenters. The van der Waals surface area contributed by atoms with Gasteiger partial charge in [0, 0.05) is 57.0 Å². The van der Waals surface area contributed by atoms with E-state index in [0.29, 0.717) is 51.5 Å². The molecule has 2 aromatic rings. The highest BCUT2D eigenvalue weighted by Gasteiger charge is 2.41. The molecule has 2 saturated heterocycles. The molecule has 2 aliphatic heterocycles. The molecule has 22 heteroatoms. The Balaban J connectivity index is 1.48. The van der Waals surface area contributed by atoms with Gasteiger partial charge in [-0.3, -0.25) is 52.7 Å². The fourth-order valence-corrected chi connectivity index (χ4v) is 9.12. The minimum absolute atomic E-state index is 0.101. The number of para-hydroxylation sites is 1. The summed E-state index contributed by atoms with van der Waals surface area (Å²) in [5, 5.41) is 19.1. The largest absolute Gasteiger partial charge is 0.368 e. The van der Waals surface area contributed by atoms with Crippen molar-refractivity contribution in [2.24, 2.45) is 17.6 Å². The Labute approximate surface area is 420 Å². The third-order valence-electron chi connectivity index (χ3n) is 13.4. The normalized spacial score (nSPS) is 17.9. The number of likely N-dealkylation sites (tertiary alicyclic amines) is 2. The van der Waals surface area contributed by atoms with Crippen molar-refractivity contribution in [3.8, 4) is 0 Å². The van der Waals surface area contributed by atoms with Crippen LogP contribution in [0.5, 0.6) is 0 Å². The molecular formula is C50H75N11O11. The second kappa shape index (κ2) is 27.7. The molecule has 3 heterocycles. The number of H-pyrrole nitrogens is 1. The first-order valence-corrected chi connectivity index (χ1v) is 25.2. The van der Waals surface area contributed by atoms with Crippen LogP contribution in [0.25, 0.3) is 10.9 Å². The molecule has 8 atom stereocenters. The molecule has 72 heavy (non-hydrogen) atoms. The molecule has 1 aromatic heterocycles. The number of likely N-dealkylation sites (N-methyl/N-ethyl adjacent to an activating group) is 1. The van der Waals surface area contributed by atoms with E-state index in [2.05, 4.69) is 42.2 Å². The molecule has 4 rings (SSSR count). The van der Waals surface area contributed by atoms with E-state index >= 15 is 0 Å². The van der Waals surface area contributed by atoms with E-state index in [1.165, 1.54) is 23.8 Å². The van der Waals surface area contributed by atoms with Crippen molar-refractivity contribution in [2.45, 2.75) is 161 Å². The van der Waals surface area contributed by atoms with Gasteiger partial charge in [0.05, 0.1) is 6.54 Å². The maximum Gasteiger partial charge on any atom is 0.287 e. The molecule has 2 aliphatic rings. The van der Waals surface area contributed by atoms with Crippen molar-refractivity contribution >= 4 is 75.8 Å². The highest BCUT2D eigenvalue weighted by Crippen LogP contribution is 2.23. The molecule has 1 aromatic carbocycles. The van der Waals surface area contributed by atoms with Crippen molar-refractivity contribution < 1.29 is 52.7 Å². The number of nitrogens with zero attached hydrogens (tertiary/aromatic N) is 2. The molecule has 0 spiro atoms. The quantitative estimate of drug-likeness (QED) is 0.0542. The number of carbonyl (C=O) groups excluding carboxylic acids is 11. The average molecular weight is 1010 g/mol. The first-order valence-electron chi connectivity index (χ1n) is 25.2. The van der Waals surface area contributed by atoms with Crippen LogP contribution in [0.15, 0.2) is 30.5 Å². The van der Waals surface area contributed by atoms with Gasteiger partial charge in [0.15, 0.2) is 0 Å². The monoisotopic (exact) mass is 1010 g/mol. The molecule has 396 valence electrons. The number of primary amides is 1. The summed E-state index contributed by atoms with van der Waals surface area (Å²) >= 11 is 0. The van der Waals surface area contributed by atoms with E-state index in [1.807, 2.05) is 52.0 Å². The highest BCUT2D eigenvalue weighted by atomic mass is 16.2. The van der Waals surface area contributed by atoms with Crippen LogP contribution < -0.4 is 43.0 Å². The summed E-state index contributed by atoms with van der Waals surface area (Å²) in [6, 6.07) is -0.284. The highest BCUT2D eigenvalue weighted by molar-refractivity contribution is 6.36. The summed E-state index contributed by atoms with van der Waals surface area (Å²) in [5.74, 6) is -8.10. The number of fused-ring (bicyclic) bond motifs is 1. The van der Waals surface area contributed by atoms with E-state index in [4.69, 9.17) is 5.73 Å². The van der Waals surface area contributed by atoms with E-state index in [-0.39, 0.29) is 44.1 Å². The summed E-state index contributed by atoms with van der Waals surface area (Å²) < 4.78 is 0. The Kier molecular flexibility index (Phi) is 22.2. The zero-order valence-corrected chi connectivity index (χ0v) is 42.7. The van der Waals surface area contributed by atoms with Crippen LogP contribution in [0.1, 0.15) is 118 Å². The van der Waals surface area contributed by atoms with Gasteiger partial charge in [0.2, 0.25) is 58.9 Å². The topological polar surface area (TPSA) is 320 Å². The van der Waals surface area contributed by atoms with Crippen LogP contribution in [0.2, 0.25) is 0 Å². The maximum absolute atomic E-state index is 14.4. The number of benzene rings is 1. The van der Waals surface area contributed by atoms with Gasteiger partial charge in [0.1, 0.15) is 42.3 Å². The average Bonchev–Trinajstić information content (AvgIpc) is 4.15. The number of hydrogen-bond donors (Lipinski definition) is 9. The lowest BCUT2D eigenvalue weighted by atomic mass is 9.95. The number of amides is 10. The Hall–Kier alpha value is -6.87. The number of aromatic nitrogens is 1. The summed E-state index contributed by atoms with van der Waals surface area (Å²) in [6.45, 7) is 10.6. The standard InChI is InChI=1S/C50H75N11O11/c1-8-10-16-34(56-44(66)35(20-21-40(63)48(70)52-7)55-41(64)27-54-46(68)38-18-13-22-60(38)30(6)62)45(67)59-42(29(5)9-2)49(71)58-37(24-28(3)4)50(72)61-23-14-19-39(61)47(69)57-36(43(51)65)25-31-26-53-33-17-12-11-15-32(31)33/h11-12,15,17,26,28-29,34-39,42,53H,8-10,13-14,16,18-25,27H2,1-7H3,(H2,51,65)(H,52,70)(H,54,68)(H,55,64)(H,56,66)(H,57,69)(H,58,71)(H,59,67)/t29-,34-,35-,36-,37-,38-,39-,42-/m0/s1. The van der Waals surface area contributed by atoms with E-state index in [0.717, 1.165) is 16.5 Å². The number of aromatic amines is 1. The molecule has 2 fully saturated rings. The number of unbranched alkanes of at least 4 members (excludes halogenated alkanes) is 1. The summed E-state index contributed by atoms with van der Waals surface area (Å²) in [4.78, 5) is 152. The third-order valence-corrected chi connectivity index (χ3v) is 13.4. The van der Waals surface area contributed by atoms with Crippen molar-refractivity contribution in [1.29, 1.82) is 0 Å². The minimum Gasteiger partial charge on any atom is -0.368 e. The summed E-state index contributed by atoms with van der Waals surface area (Å²) in [6.07, 6.45) is 4.65. The number of Topliss-reactive ketones (excluding diaryl/α,β-unsaturated/α-hetero) is 1. The minimum atomic E-state index is -1.45. The number of nitrogens with two attached hydrogens (primary N) is 1. The molecule has 0 saturated carbocycles. The Morgan fingerprint density at radius 3 is 2.00 bits per heavy atom. The molecule has 0 bridgehead atoms. The molecule has 10 N–H and O–H groups in total. The fourth-order valence-electron chi connectivity index (χ4n) is 9.12. The lowest BCUT2D eigenvalue weighted by Crippen LogP contribution is -2.61. The first kappa shape index (κ1) is 57.7. The van der Waals surface area contributed by atoms with Crippen LogP contribution in [0.3, 0.4) is 0 Å². The van der Waals surface area contributed by atoms with Gasteiger partial charge in [-0.05, 0) is 68.4 Å². The van der Waals surface area contributed by atoms with E-state index in [9.17, 15) is 52.7 Å². The predicted octanol–water partition coefficient (Wildman–Crippen LogP) is 0.115. The Morgan fingerprint density at radius 1 is 0.750 bits per heavy atom. The molecule has 10 amide bonds. The van der Waals surface area contributed by atoms with Crippen molar-refractivity contribution in [3.63, 3.8) is 0 Å². The predicted molar refractivity (Wildman–Crippen MR) is 266 cm³/mol. The second-order valence-corrected chi connectivity index (χ2v) is 19.2. The van der Waals surface area contributed by atoms with Gasteiger partial charge in [-0.15, -0.1) is 0 Å². The van der Waals surface area contributed by atoms with E-state index < -0.39 is 120 Å².